The van der Waals surface area contributed by atoms with E-state index in [-0.39, 0.29) is 0 Å². The Bertz CT molecular complexity index is 257. The summed E-state index contributed by atoms with van der Waals surface area (Å²) < 4.78 is 0. The first-order valence-electron chi connectivity index (χ1n) is 3.52. The van der Waals surface area contributed by atoms with Gasteiger partial charge in [0.2, 0.25) is 0 Å². The number of aromatic nitrogens is 1. The van der Waals surface area contributed by atoms with Crippen molar-refractivity contribution in [2.75, 3.05) is 0 Å². The van der Waals surface area contributed by atoms with Crippen molar-refractivity contribution in [3.63, 3.8) is 0 Å². The van der Waals surface area contributed by atoms with Crippen molar-refractivity contribution in [3.05, 3.63) is 23.5 Å². The van der Waals surface area contributed by atoms with Crippen LogP contribution in [0.5, 0.6) is 5.75 Å². The summed E-state index contributed by atoms with van der Waals surface area (Å²) in [6.07, 6.45) is 6.63. The fourth-order valence-corrected chi connectivity index (χ4v) is 1.48. The van der Waals surface area contributed by atoms with Gasteiger partial charge in [-0.2, -0.15) is 0 Å². The van der Waals surface area contributed by atoms with Crippen LogP contribution in [-0.4, -0.2) is 10.1 Å². The van der Waals surface area contributed by atoms with Crippen molar-refractivity contribution in [1.29, 1.82) is 0 Å². The van der Waals surface area contributed by atoms with Crippen molar-refractivity contribution in [2.24, 2.45) is 0 Å². The fraction of sp³-hybridized carbons (Fsp3) is 0.375. The monoisotopic (exact) mass is 135 g/mol. The van der Waals surface area contributed by atoms with Gasteiger partial charge in [-0.05, 0) is 24.8 Å². The van der Waals surface area contributed by atoms with Gasteiger partial charge in [0.15, 0.2) is 0 Å². The van der Waals surface area contributed by atoms with Crippen molar-refractivity contribution in [3.8, 4) is 5.75 Å². The van der Waals surface area contributed by atoms with E-state index in [0.29, 0.717) is 5.75 Å². The molecule has 0 fully saturated rings. The molecule has 0 aromatic carbocycles. The summed E-state index contributed by atoms with van der Waals surface area (Å²) in [7, 11) is 0. The van der Waals surface area contributed by atoms with Crippen LogP contribution in [0, 0.1) is 0 Å². The maximum Gasteiger partial charge on any atom is 0.137 e. The Hall–Kier alpha value is -1.05. The molecule has 1 aromatic rings. The number of pyridine rings is 1. The molecule has 1 aliphatic carbocycles. The van der Waals surface area contributed by atoms with E-state index in [1.807, 2.05) is 6.20 Å². The molecule has 0 bridgehead atoms. The first-order chi connectivity index (χ1) is 4.88. The third-order valence-corrected chi connectivity index (χ3v) is 2.00. The Kier molecular flexibility index (Phi) is 1.13. The third kappa shape index (κ3) is 0.685. The SMILES string of the molecule is Oc1cncc2c1CCC2. The molecule has 0 unspecified atom stereocenters. The van der Waals surface area contributed by atoms with Gasteiger partial charge in [0, 0.05) is 11.8 Å². The normalized spacial score (nSPS) is 15.2. The predicted octanol–water partition coefficient (Wildman–Crippen LogP) is 1.28. The lowest BCUT2D eigenvalue weighted by molar-refractivity contribution is 0.466. The highest BCUT2D eigenvalue weighted by molar-refractivity contribution is 5.38. The Balaban J connectivity index is 2.59. The number of fused-ring (bicyclic) bond motifs is 1. The topological polar surface area (TPSA) is 33.1 Å². The number of nitrogens with zero attached hydrogens (tertiary/aromatic N) is 1. The highest BCUT2D eigenvalue weighted by atomic mass is 16.3. The van der Waals surface area contributed by atoms with E-state index in [0.717, 1.165) is 24.8 Å². The van der Waals surface area contributed by atoms with Crippen molar-refractivity contribution < 1.29 is 5.11 Å². The molecule has 0 atom stereocenters. The molecule has 0 saturated carbocycles. The molecule has 1 N–H and O–H groups in total. The smallest absolute Gasteiger partial charge is 0.137 e. The van der Waals surface area contributed by atoms with Crippen LogP contribution in [0.15, 0.2) is 12.4 Å². The molecule has 0 spiro atoms. The summed E-state index contributed by atoms with van der Waals surface area (Å²) in [4.78, 5) is 3.91. The van der Waals surface area contributed by atoms with Gasteiger partial charge in [-0.1, -0.05) is 0 Å². The molecular weight excluding hydrogens is 126 g/mol. The minimum absolute atomic E-state index is 0.370. The third-order valence-electron chi connectivity index (χ3n) is 2.00. The van der Waals surface area contributed by atoms with Crippen LogP contribution >= 0.6 is 0 Å². The lowest BCUT2D eigenvalue weighted by atomic mass is 10.2. The molecule has 2 nitrogen and oxygen atoms in total. The molecule has 0 radical (unpaired) electrons. The lowest BCUT2D eigenvalue weighted by Gasteiger charge is -1.98. The van der Waals surface area contributed by atoms with E-state index in [1.54, 1.807) is 0 Å². The van der Waals surface area contributed by atoms with E-state index in [1.165, 1.54) is 11.8 Å². The summed E-state index contributed by atoms with van der Waals surface area (Å²) in [5.74, 6) is 0.370. The molecule has 0 amide bonds. The average Bonchev–Trinajstić information content (AvgIpc) is 2.36. The van der Waals surface area contributed by atoms with Crippen LogP contribution in [0.1, 0.15) is 17.5 Å². The zero-order valence-electron chi connectivity index (χ0n) is 5.67. The Morgan fingerprint density at radius 2 is 2.20 bits per heavy atom. The molecule has 52 valence electrons. The highest BCUT2D eigenvalue weighted by Crippen LogP contribution is 2.27. The van der Waals surface area contributed by atoms with Gasteiger partial charge in [0.05, 0.1) is 6.20 Å². The summed E-state index contributed by atoms with van der Waals surface area (Å²) in [5.41, 5.74) is 2.33. The number of rotatable bonds is 0. The van der Waals surface area contributed by atoms with Gasteiger partial charge in [-0.3, -0.25) is 4.98 Å². The van der Waals surface area contributed by atoms with Gasteiger partial charge >= 0.3 is 0 Å². The van der Waals surface area contributed by atoms with Crippen molar-refractivity contribution in [2.45, 2.75) is 19.3 Å². The molecule has 1 heterocycles. The predicted molar refractivity (Wildman–Crippen MR) is 37.9 cm³/mol. The maximum atomic E-state index is 9.27. The van der Waals surface area contributed by atoms with Gasteiger partial charge < -0.3 is 5.11 Å². The molecule has 2 heteroatoms. The molecule has 1 aliphatic rings. The molecule has 2 rings (SSSR count). The van der Waals surface area contributed by atoms with E-state index in [9.17, 15) is 5.11 Å². The first kappa shape index (κ1) is 5.71. The van der Waals surface area contributed by atoms with E-state index in [4.69, 9.17) is 0 Å². The number of hydrogen-bond donors (Lipinski definition) is 1. The molecule has 0 saturated heterocycles. The highest BCUT2D eigenvalue weighted by Gasteiger charge is 2.13. The Morgan fingerprint density at radius 3 is 3.00 bits per heavy atom. The van der Waals surface area contributed by atoms with Crippen LogP contribution in [-0.2, 0) is 12.8 Å². The molecule has 1 aromatic heterocycles. The van der Waals surface area contributed by atoms with Gasteiger partial charge in [-0.15, -0.1) is 0 Å². The maximum absolute atomic E-state index is 9.27. The van der Waals surface area contributed by atoms with Gasteiger partial charge in [0.25, 0.3) is 0 Å². The Labute approximate surface area is 59.5 Å². The number of aryl methyl sites for hydroxylation is 1. The molecule has 10 heavy (non-hydrogen) atoms. The average molecular weight is 135 g/mol. The summed E-state index contributed by atoms with van der Waals surface area (Å²) in [6.45, 7) is 0. The minimum atomic E-state index is 0.370. The quantitative estimate of drug-likeness (QED) is 0.581. The Morgan fingerprint density at radius 1 is 1.30 bits per heavy atom. The molecular formula is C8H9NO. The standard InChI is InChI=1S/C8H9NO/c10-8-5-9-4-6-2-1-3-7(6)8/h4-5,10H,1-3H2. The zero-order chi connectivity index (χ0) is 6.97. The fourth-order valence-electron chi connectivity index (χ4n) is 1.48. The zero-order valence-corrected chi connectivity index (χ0v) is 5.67. The summed E-state index contributed by atoms with van der Waals surface area (Å²) in [5, 5.41) is 9.27. The largest absolute Gasteiger partial charge is 0.506 e. The van der Waals surface area contributed by atoms with Crippen molar-refractivity contribution in [1.82, 2.24) is 4.98 Å². The van der Waals surface area contributed by atoms with Gasteiger partial charge in [-0.25, -0.2) is 0 Å². The van der Waals surface area contributed by atoms with Crippen LogP contribution in [0.25, 0.3) is 0 Å². The molecule has 0 aliphatic heterocycles. The van der Waals surface area contributed by atoms with E-state index < -0.39 is 0 Å². The van der Waals surface area contributed by atoms with E-state index in [2.05, 4.69) is 4.98 Å². The summed E-state index contributed by atoms with van der Waals surface area (Å²) in [6, 6.07) is 0. The van der Waals surface area contributed by atoms with Crippen LogP contribution in [0.2, 0.25) is 0 Å². The minimum Gasteiger partial charge on any atom is -0.506 e. The second kappa shape index (κ2) is 1.97. The van der Waals surface area contributed by atoms with Gasteiger partial charge in [0.1, 0.15) is 5.75 Å². The second-order valence-electron chi connectivity index (χ2n) is 2.65. The van der Waals surface area contributed by atoms with Crippen molar-refractivity contribution >= 4 is 0 Å². The van der Waals surface area contributed by atoms with Crippen LogP contribution in [0.4, 0.5) is 0 Å². The lowest BCUT2D eigenvalue weighted by Crippen LogP contribution is -1.83. The first-order valence-corrected chi connectivity index (χ1v) is 3.52. The number of hydrogen-bond acceptors (Lipinski definition) is 2. The summed E-state index contributed by atoms with van der Waals surface area (Å²) >= 11 is 0. The number of aromatic hydroxyl groups is 1. The van der Waals surface area contributed by atoms with Crippen LogP contribution < -0.4 is 0 Å². The van der Waals surface area contributed by atoms with Crippen LogP contribution in [0.3, 0.4) is 0 Å². The second-order valence-corrected chi connectivity index (χ2v) is 2.65. The van der Waals surface area contributed by atoms with E-state index >= 15 is 0 Å².